The van der Waals surface area contributed by atoms with E-state index in [9.17, 15) is 0 Å². The topological polar surface area (TPSA) is 0 Å². The molecule has 0 aliphatic rings. The largest absolute Gasteiger partial charge is 0.168 e. The Kier molecular flexibility index (Phi) is 2.80. The molecule has 0 N–H and O–H groups in total. The molecule has 1 aromatic heterocycles. The molecular weight excluding hydrogens is 156 g/mol. The van der Waals surface area contributed by atoms with E-state index in [4.69, 9.17) is 0 Å². The third-order valence-electron chi connectivity index (χ3n) is 0.726. The first kappa shape index (κ1) is 6.52. The number of thiol groups is 1. The van der Waals surface area contributed by atoms with E-state index < -0.39 is 0 Å². The second-order valence-electron chi connectivity index (χ2n) is 1.23. The van der Waals surface area contributed by atoms with Crippen molar-refractivity contribution in [2.24, 2.45) is 0 Å². The lowest BCUT2D eigenvalue weighted by Gasteiger charge is -1.85. The zero-order chi connectivity index (χ0) is 5.82. The highest BCUT2D eigenvalue weighted by molar-refractivity contribution is 8.09. The summed E-state index contributed by atoms with van der Waals surface area (Å²) in [6.45, 7) is 0. The number of thioether (sulfide) groups is 1. The average molecular weight is 162 g/mol. The maximum absolute atomic E-state index is 4.07. The van der Waals surface area contributed by atoms with Crippen LogP contribution < -0.4 is 0 Å². The molecule has 1 rings (SSSR count). The number of hydrogen-bond acceptors (Lipinski definition) is 3. The zero-order valence-electron chi connectivity index (χ0n) is 4.20. The highest BCUT2D eigenvalue weighted by Crippen LogP contribution is 2.20. The fraction of sp³-hybridized carbons (Fsp3) is 0.200. The van der Waals surface area contributed by atoms with Gasteiger partial charge in [-0.15, -0.1) is 11.8 Å². The summed E-state index contributed by atoms with van der Waals surface area (Å²) in [5, 5.41) is 5.07. The summed E-state index contributed by atoms with van der Waals surface area (Å²) in [4.78, 5) is 1.32. The van der Waals surface area contributed by atoms with Crippen LogP contribution in [0.25, 0.3) is 0 Å². The zero-order valence-corrected chi connectivity index (χ0v) is 6.73. The summed E-state index contributed by atoms with van der Waals surface area (Å²) in [6.07, 6.45) is 0. The minimum absolute atomic E-state index is 0.872. The molecule has 3 heteroatoms. The van der Waals surface area contributed by atoms with Crippen LogP contribution in [-0.4, -0.2) is 5.08 Å². The van der Waals surface area contributed by atoms with Gasteiger partial charge in [-0.3, -0.25) is 0 Å². The van der Waals surface area contributed by atoms with Crippen molar-refractivity contribution in [3.63, 3.8) is 0 Å². The van der Waals surface area contributed by atoms with Crippen molar-refractivity contribution in [1.82, 2.24) is 0 Å². The van der Waals surface area contributed by atoms with Crippen LogP contribution in [0.4, 0.5) is 0 Å². The molecular formula is C5H6S3. The number of hydrogen-bond donors (Lipinski definition) is 1. The normalized spacial score (nSPS) is 9.62. The summed E-state index contributed by atoms with van der Waals surface area (Å²) in [7, 11) is 0. The fourth-order valence-electron chi connectivity index (χ4n) is 0.409. The Bertz CT molecular complexity index is 133. The van der Waals surface area contributed by atoms with Crippen LogP contribution in [-0.2, 0) is 0 Å². The second kappa shape index (κ2) is 3.43. The van der Waals surface area contributed by atoms with Crippen LogP contribution in [0, 0.1) is 0 Å². The minimum atomic E-state index is 0.872. The first-order valence-corrected chi connectivity index (χ1v) is 4.75. The van der Waals surface area contributed by atoms with Crippen molar-refractivity contribution in [3.05, 3.63) is 16.8 Å². The quantitative estimate of drug-likeness (QED) is 0.396. The van der Waals surface area contributed by atoms with Gasteiger partial charge < -0.3 is 0 Å². The molecule has 0 aliphatic heterocycles. The van der Waals surface area contributed by atoms with Crippen molar-refractivity contribution in [3.8, 4) is 0 Å². The molecule has 0 unspecified atom stereocenters. The van der Waals surface area contributed by atoms with Crippen molar-refractivity contribution in [2.45, 2.75) is 4.90 Å². The maximum atomic E-state index is 4.07. The molecule has 0 bridgehead atoms. The van der Waals surface area contributed by atoms with Crippen molar-refractivity contribution < 1.29 is 0 Å². The van der Waals surface area contributed by atoms with Crippen LogP contribution in [0.5, 0.6) is 0 Å². The van der Waals surface area contributed by atoms with E-state index in [2.05, 4.69) is 29.5 Å². The lowest BCUT2D eigenvalue weighted by atomic mass is 10.7. The molecule has 0 spiro atoms. The fourth-order valence-corrected chi connectivity index (χ4v) is 2.21. The van der Waals surface area contributed by atoms with Gasteiger partial charge >= 0.3 is 0 Å². The standard InChI is InChI=1S/C5H6S3/c6-4-8-5-1-2-7-3-5/h1-3,6H,4H2. The molecule has 0 nitrogen and oxygen atoms in total. The Morgan fingerprint density at radius 1 is 1.75 bits per heavy atom. The van der Waals surface area contributed by atoms with Crippen LogP contribution in [0.15, 0.2) is 21.7 Å². The summed E-state index contributed by atoms with van der Waals surface area (Å²) >= 11 is 7.56. The lowest BCUT2D eigenvalue weighted by Crippen LogP contribution is -1.58. The Hall–Kier alpha value is 0.400. The van der Waals surface area contributed by atoms with E-state index in [-0.39, 0.29) is 0 Å². The van der Waals surface area contributed by atoms with E-state index in [0.29, 0.717) is 0 Å². The van der Waals surface area contributed by atoms with E-state index in [1.807, 2.05) is 0 Å². The molecule has 0 fully saturated rings. The molecule has 44 valence electrons. The third-order valence-corrected chi connectivity index (χ3v) is 2.66. The average Bonchev–Trinajstić information content (AvgIpc) is 2.19. The predicted molar refractivity (Wildman–Crippen MR) is 44.0 cm³/mol. The smallest absolute Gasteiger partial charge is 0.0409 e. The van der Waals surface area contributed by atoms with Gasteiger partial charge in [-0.2, -0.15) is 24.0 Å². The van der Waals surface area contributed by atoms with Gasteiger partial charge in [0.15, 0.2) is 0 Å². The molecule has 0 saturated carbocycles. The van der Waals surface area contributed by atoms with Gasteiger partial charge in [0.25, 0.3) is 0 Å². The van der Waals surface area contributed by atoms with Crippen LogP contribution in [0.1, 0.15) is 0 Å². The molecule has 0 atom stereocenters. The summed E-state index contributed by atoms with van der Waals surface area (Å²) in [6, 6.07) is 2.10. The predicted octanol–water partition coefficient (Wildman–Crippen LogP) is 2.73. The molecule has 0 amide bonds. The maximum Gasteiger partial charge on any atom is 0.0409 e. The second-order valence-corrected chi connectivity index (χ2v) is 3.81. The van der Waals surface area contributed by atoms with Crippen molar-refractivity contribution in [1.29, 1.82) is 0 Å². The Balaban J connectivity index is 2.50. The van der Waals surface area contributed by atoms with Crippen LogP contribution >= 0.6 is 35.7 Å². The third kappa shape index (κ3) is 1.73. The highest BCUT2D eigenvalue weighted by atomic mass is 32.2. The molecule has 0 saturated heterocycles. The first-order chi connectivity index (χ1) is 3.93. The molecule has 1 aromatic rings. The molecule has 0 aromatic carbocycles. The van der Waals surface area contributed by atoms with Gasteiger partial charge in [-0.1, -0.05) is 0 Å². The molecule has 0 radical (unpaired) electrons. The lowest BCUT2D eigenvalue weighted by molar-refractivity contribution is 1.60. The summed E-state index contributed by atoms with van der Waals surface area (Å²) < 4.78 is 0. The molecule has 8 heavy (non-hydrogen) atoms. The van der Waals surface area contributed by atoms with E-state index in [0.717, 1.165) is 5.08 Å². The van der Waals surface area contributed by atoms with E-state index in [1.165, 1.54) is 4.90 Å². The van der Waals surface area contributed by atoms with Gasteiger partial charge in [0, 0.05) is 15.4 Å². The van der Waals surface area contributed by atoms with Crippen LogP contribution in [0.3, 0.4) is 0 Å². The van der Waals surface area contributed by atoms with Gasteiger partial charge in [0.05, 0.1) is 0 Å². The summed E-state index contributed by atoms with van der Waals surface area (Å²) in [5.74, 6) is 0. The van der Waals surface area contributed by atoms with Crippen LogP contribution in [0.2, 0.25) is 0 Å². The first-order valence-electron chi connectivity index (χ1n) is 2.19. The van der Waals surface area contributed by atoms with Crippen molar-refractivity contribution in [2.75, 3.05) is 5.08 Å². The van der Waals surface area contributed by atoms with Gasteiger partial charge in [0.1, 0.15) is 0 Å². The number of rotatable bonds is 2. The van der Waals surface area contributed by atoms with Gasteiger partial charge in [-0.25, -0.2) is 0 Å². The minimum Gasteiger partial charge on any atom is -0.168 e. The van der Waals surface area contributed by atoms with Gasteiger partial charge in [-0.05, 0) is 11.4 Å². The van der Waals surface area contributed by atoms with E-state index >= 15 is 0 Å². The Morgan fingerprint density at radius 2 is 2.62 bits per heavy atom. The monoisotopic (exact) mass is 162 g/mol. The summed E-state index contributed by atoms with van der Waals surface area (Å²) in [5.41, 5.74) is 0. The van der Waals surface area contributed by atoms with Gasteiger partial charge in [0.2, 0.25) is 0 Å². The van der Waals surface area contributed by atoms with Crippen molar-refractivity contribution >= 4 is 35.7 Å². The Labute approximate surface area is 62.7 Å². The highest BCUT2D eigenvalue weighted by Gasteiger charge is 1.87. The molecule has 0 aliphatic carbocycles. The van der Waals surface area contributed by atoms with E-state index in [1.54, 1.807) is 23.1 Å². The number of thiophene rings is 1. The Morgan fingerprint density at radius 3 is 3.12 bits per heavy atom. The molecule has 1 heterocycles. The SMILES string of the molecule is SCSc1ccsc1.